The summed E-state index contributed by atoms with van der Waals surface area (Å²) in [6.07, 6.45) is 2.71. The monoisotopic (exact) mass is 454 g/mol. The summed E-state index contributed by atoms with van der Waals surface area (Å²) in [7, 11) is 1.44. The van der Waals surface area contributed by atoms with E-state index >= 15 is 0 Å². The Morgan fingerprint density at radius 2 is 2.23 bits per heavy atom. The summed E-state index contributed by atoms with van der Waals surface area (Å²) in [6, 6.07) is 8.24. The number of nitrogens with two attached hydrogens (primary N) is 2. The van der Waals surface area contributed by atoms with E-state index < -0.39 is 0 Å². The second-order valence-corrected chi connectivity index (χ2v) is 7.58. The van der Waals surface area contributed by atoms with E-state index in [0.29, 0.717) is 24.2 Å². The Morgan fingerprint density at radius 3 is 2.82 bits per heavy atom. The minimum atomic E-state index is 0.0646. The van der Waals surface area contributed by atoms with Gasteiger partial charge in [-0.2, -0.15) is 0 Å². The molecule has 1 aromatic carbocycles. The van der Waals surface area contributed by atoms with Gasteiger partial charge in [0, 0.05) is 45.0 Å². The van der Waals surface area contributed by atoms with Crippen molar-refractivity contribution in [2.45, 2.75) is 18.6 Å². The van der Waals surface area contributed by atoms with E-state index in [2.05, 4.69) is 26.5 Å². The van der Waals surface area contributed by atoms with Crippen LogP contribution in [0.25, 0.3) is 0 Å². The molecular weight excluding hydrogens is 435 g/mol. The molecule has 2 atom stereocenters. The largest absolute Gasteiger partial charge is 0.392 e. The van der Waals surface area contributed by atoms with E-state index in [0.717, 1.165) is 18.0 Å². The van der Waals surface area contributed by atoms with Gasteiger partial charge >= 0.3 is 0 Å². The molecule has 1 saturated heterocycles. The number of halogens is 2. The topological polar surface area (TPSA) is 76.5 Å². The van der Waals surface area contributed by atoms with Gasteiger partial charge in [0.25, 0.3) is 0 Å². The maximum Gasteiger partial charge on any atom is 0.0935 e. The number of ether oxygens (including phenoxy) is 1. The number of hydrazine groups is 1. The van der Waals surface area contributed by atoms with Crippen LogP contribution in [-0.4, -0.2) is 36.9 Å². The lowest BCUT2D eigenvalue weighted by atomic mass is 10.1. The third-order valence-corrected chi connectivity index (χ3v) is 5.42. The standard InChI is InChI=1S/C14H20ClIN4OS/c15-11-3-1-10(2-4-11)5-12-9-21-13(6-19-12)7-20(18)8-14(17)22-16/h1-4,8,12-13,19H,5-7,9,17-18H2/b14-8+. The van der Waals surface area contributed by atoms with E-state index in [1.54, 1.807) is 11.2 Å². The zero-order valence-electron chi connectivity index (χ0n) is 12.0. The molecule has 0 saturated carbocycles. The van der Waals surface area contributed by atoms with Crippen LogP contribution in [0.5, 0.6) is 0 Å². The van der Waals surface area contributed by atoms with E-state index in [1.807, 2.05) is 24.3 Å². The molecule has 1 aliphatic heterocycles. The molecule has 1 aromatic rings. The zero-order chi connectivity index (χ0) is 15.9. The third-order valence-electron chi connectivity index (χ3n) is 3.36. The van der Waals surface area contributed by atoms with Crippen LogP contribution in [0.2, 0.25) is 5.02 Å². The Hall–Kier alpha value is -0.190. The minimum Gasteiger partial charge on any atom is -0.392 e. The number of rotatable bonds is 6. The fraction of sp³-hybridized carbons (Fsp3) is 0.429. The van der Waals surface area contributed by atoms with Crippen LogP contribution >= 0.6 is 41.7 Å². The number of nitrogens with zero attached hydrogens (tertiary/aromatic N) is 1. The van der Waals surface area contributed by atoms with E-state index in [9.17, 15) is 0 Å². The number of morpholine rings is 1. The Kier molecular flexibility index (Phi) is 7.58. The average Bonchev–Trinajstić information content (AvgIpc) is 2.51. The summed E-state index contributed by atoms with van der Waals surface area (Å²) in [4.78, 5) is 0. The Labute approximate surface area is 152 Å². The van der Waals surface area contributed by atoms with Crippen LogP contribution < -0.4 is 16.9 Å². The number of nitrogens with one attached hydrogen (secondary N) is 1. The highest BCUT2D eigenvalue weighted by atomic mass is 127. The van der Waals surface area contributed by atoms with Crippen LogP contribution in [-0.2, 0) is 11.2 Å². The Bertz CT molecular complexity index is 494. The van der Waals surface area contributed by atoms with Gasteiger partial charge in [0.15, 0.2) is 0 Å². The molecule has 1 aliphatic rings. The van der Waals surface area contributed by atoms with Gasteiger partial charge in [0.1, 0.15) is 0 Å². The zero-order valence-corrected chi connectivity index (χ0v) is 15.8. The van der Waals surface area contributed by atoms with Crippen LogP contribution in [0.3, 0.4) is 0 Å². The van der Waals surface area contributed by atoms with Crippen molar-refractivity contribution >= 4 is 41.7 Å². The molecule has 0 bridgehead atoms. The molecule has 8 heteroatoms. The summed E-state index contributed by atoms with van der Waals surface area (Å²) in [5, 5.41) is 6.52. The van der Waals surface area contributed by atoms with Crippen molar-refractivity contribution in [3.05, 3.63) is 46.1 Å². The van der Waals surface area contributed by atoms with E-state index in [1.165, 1.54) is 14.5 Å². The van der Waals surface area contributed by atoms with E-state index in [-0.39, 0.29) is 6.10 Å². The smallest absolute Gasteiger partial charge is 0.0935 e. The number of benzene rings is 1. The summed E-state index contributed by atoms with van der Waals surface area (Å²) in [6.45, 7) is 2.05. The first-order valence-electron chi connectivity index (χ1n) is 6.93. The third kappa shape index (κ3) is 6.13. The molecule has 0 radical (unpaired) electrons. The molecule has 5 nitrogen and oxygen atoms in total. The van der Waals surface area contributed by atoms with Crippen molar-refractivity contribution in [1.29, 1.82) is 0 Å². The van der Waals surface area contributed by atoms with Gasteiger partial charge in [-0.05, 0) is 33.1 Å². The van der Waals surface area contributed by atoms with Gasteiger partial charge in [-0.25, -0.2) is 5.84 Å². The summed E-state index contributed by atoms with van der Waals surface area (Å²) in [5.41, 5.74) is 6.98. The fourth-order valence-corrected chi connectivity index (χ4v) is 2.94. The first kappa shape index (κ1) is 18.2. The molecule has 0 amide bonds. The first-order chi connectivity index (χ1) is 10.6. The number of hydrogen-bond acceptors (Lipinski definition) is 6. The van der Waals surface area contributed by atoms with Crippen LogP contribution in [0.15, 0.2) is 35.5 Å². The van der Waals surface area contributed by atoms with Crippen molar-refractivity contribution in [2.75, 3.05) is 19.7 Å². The van der Waals surface area contributed by atoms with Crippen molar-refractivity contribution < 1.29 is 4.74 Å². The summed E-state index contributed by atoms with van der Waals surface area (Å²) < 4.78 is 5.88. The van der Waals surface area contributed by atoms with Crippen LogP contribution in [0.1, 0.15) is 5.56 Å². The molecule has 0 aromatic heterocycles. The fourth-order valence-electron chi connectivity index (χ4n) is 2.29. The Balaban J connectivity index is 1.74. The van der Waals surface area contributed by atoms with Crippen molar-refractivity contribution in [3.8, 4) is 0 Å². The van der Waals surface area contributed by atoms with Gasteiger partial charge in [-0.15, -0.1) is 0 Å². The molecule has 0 aliphatic carbocycles. The molecule has 5 N–H and O–H groups in total. The van der Waals surface area contributed by atoms with Gasteiger partial charge in [0.05, 0.1) is 24.3 Å². The van der Waals surface area contributed by atoms with E-state index in [4.69, 9.17) is 27.9 Å². The van der Waals surface area contributed by atoms with Gasteiger partial charge in [-0.1, -0.05) is 23.7 Å². The molecule has 2 rings (SSSR count). The highest BCUT2D eigenvalue weighted by Crippen LogP contribution is 2.18. The van der Waals surface area contributed by atoms with Crippen LogP contribution in [0.4, 0.5) is 0 Å². The van der Waals surface area contributed by atoms with Crippen molar-refractivity contribution in [2.24, 2.45) is 11.6 Å². The molecular formula is C14H20ClIN4OS. The maximum atomic E-state index is 5.90. The average molecular weight is 455 g/mol. The van der Waals surface area contributed by atoms with Crippen LogP contribution in [0, 0.1) is 0 Å². The molecule has 0 spiro atoms. The van der Waals surface area contributed by atoms with Gasteiger partial charge in [0.2, 0.25) is 0 Å². The predicted octanol–water partition coefficient (Wildman–Crippen LogP) is 2.26. The van der Waals surface area contributed by atoms with Gasteiger partial charge in [-0.3, -0.25) is 0 Å². The minimum absolute atomic E-state index is 0.0646. The van der Waals surface area contributed by atoms with Crippen molar-refractivity contribution in [1.82, 2.24) is 10.3 Å². The van der Waals surface area contributed by atoms with Gasteiger partial charge < -0.3 is 20.8 Å². The summed E-state index contributed by atoms with van der Waals surface area (Å²) in [5.74, 6) is 5.89. The SMILES string of the molecule is N/C(=C\N(N)CC1CNC(Cc2ccc(Cl)cc2)CO1)SI. The maximum absolute atomic E-state index is 5.90. The molecule has 1 heterocycles. The molecule has 122 valence electrons. The normalized spacial score (nSPS) is 22.6. The lowest BCUT2D eigenvalue weighted by Gasteiger charge is -2.32. The Morgan fingerprint density at radius 1 is 1.50 bits per heavy atom. The quantitative estimate of drug-likeness (QED) is 0.348. The highest BCUT2D eigenvalue weighted by molar-refractivity contribution is 14.2. The summed E-state index contributed by atoms with van der Waals surface area (Å²) >= 11 is 8.02. The molecule has 2 unspecified atom stereocenters. The second-order valence-electron chi connectivity index (χ2n) is 5.20. The highest BCUT2D eigenvalue weighted by Gasteiger charge is 2.22. The molecule has 1 fully saturated rings. The predicted molar refractivity (Wildman–Crippen MR) is 101 cm³/mol. The number of hydrogen-bond donors (Lipinski definition) is 3. The lowest BCUT2D eigenvalue weighted by molar-refractivity contribution is -0.00838. The van der Waals surface area contributed by atoms with Crippen molar-refractivity contribution in [3.63, 3.8) is 0 Å². The molecule has 22 heavy (non-hydrogen) atoms. The lowest BCUT2D eigenvalue weighted by Crippen LogP contribution is -2.51. The first-order valence-corrected chi connectivity index (χ1v) is 10.7. The second kappa shape index (κ2) is 9.19.